The molecule has 0 aliphatic rings. The molecule has 4 heteroatoms. The van der Waals surface area contributed by atoms with Crippen molar-refractivity contribution in [3.8, 4) is 5.75 Å². The van der Waals surface area contributed by atoms with Gasteiger partial charge in [-0.1, -0.05) is 0 Å². The zero-order chi connectivity index (χ0) is 11.0. The zero-order valence-electron chi connectivity index (χ0n) is 8.33. The van der Waals surface area contributed by atoms with Crippen molar-refractivity contribution >= 4 is 27.2 Å². The van der Waals surface area contributed by atoms with Gasteiger partial charge in [0.2, 0.25) is 0 Å². The molecule has 0 atom stereocenters. The van der Waals surface area contributed by atoms with Crippen LogP contribution in [0.25, 0.3) is 10.1 Å². The molecular weight excluding hydrogens is 215 g/mol. The van der Waals surface area contributed by atoms with Crippen molar-refractivity contribution in [1.82, 2.24) is 0 Å². The first kappa shape index (κ1) is 10.1. The highest BCUT2D eigenvalue weighted by molar-refractivity contribution is 7.21. The molecule has 2 aromatic rings. The first-order chi connectivity index (χ1) is 7.13. The number of carbonyl (C=O) groups excluding carboxylic acids is 1. The van der Waals surface area contributed by atoms with Gasteiger partial charge in [0.05, 0.1) is 7.11 Å². The molecule has 0 amide bonds. The lowest BCUT2D eigenvalue weighted by molar-refractivity contribution is 0.101. The molecule has 15 heavy (non-hydrogen) atoms. The fourth-order valence-corrected chi connectivity index (χ4v) is 2.53. The second kappa shape index (κ2) is 3.62. The number of rotatable bonds is 2. The summed E-state index contributed by atoms with van der Waals surface area (Å²) in [4.78, 5) is 11.9. The maximum absolute atomic E-state index is 13.0. The van der Waals surface area contributed by atoms with E-state index in [1.807, 2.05) is 0 Å². The minimum absolute atomic E-state index is 0.0616. The summed E-state index contributed by atoms with van der Waals surface area (Å²) in [7, 11) is 1.48. The van der Waals surface area contributed by atoms with E-state index >= 15 is 0 Å². The average Bonchev–Trinajstić information content (AvgIpc) is 2.55. The Morgan fingerprint density at radius 1 is 1.47 bits per heavy atom. The molecular formula is C11H9FO2S. The predicted octanol–water partition coefficient (Wildman–Crippen LogP) is 3.25. The molecule has 1 heterocycles. The van der Waals surface area contributed by atoms with Crippen LogP contribution in [0.4, 0.5) is 4.39 Å². The Morgan fingerprint density at radius 3 is 2.80 bits per heavy atom. The van der Waals surface area contributed by atoms with Gasteiger partial charge in [-0.25, -0.2) is 4.39 Å². The summed E-state index contributed by atoms with van der Waals surface area (Å²) in [5, 5.41) is 0.660. The summed E-state index contributed by atoms with van der Waals surface area (Å²) in [6.07, 6.45) is 0. The minimum atomic E-state index is -0.325. The third-order valence-electron chi connectivity index (χ3n) is 2.13. The lowest BCUT2D eigenvalue weighted by Crippen LogP contribution is -1.91. The molecule has 0 radical (unpaired) electrons. The largest absolute Gasteiger partial charge is 0.494 e. The monoisotopic (exact) mass is 224 g/mol. The summed E-state index contributed by atoms with van der Waals surface area (Å²) < 4.78 is 19.0. The van der Waals surface area contributed by atoms with E-state index in [0.717, 1.165) is 4.70 Å². The van der Waals surface area contributed by atoms with E-state index in [-0.39, 0.29) is 11.6 Å². The average molecular weight is 224 g/mol. The van der Waals surface area contributed by atoms with Crippen molar-refractivity contribution in [3.63, 3.8) is 0 Å². The molecule has 0 saturated heterocycles. The van der Waals surface area contributed by atoms with Crippen LogP contribution in [-0.2, 0) is 0 Å². The highest BCUT2D eigenvalue weighted by Gasteiger charge is 2.16. The van der Waals surface area contributed by atoms with Gasteiger partial charge in [-0.2, -0.15) is 0 Å². The third kappa shape index (κ3) is 1.61. The van der Waals surface area contributed by atoms with Gasteiger partial charge >= 0.3 is 0 Å². The maximum Gasteiger partial charge on any atom is 0.173 e. The van der Waals surface area contributed by atoms with E-state index in [0.29, 0.717) is 16.0 Å². The van der Waals surface area contributed by atoms with E-state index in [2.05, 4.69) is 0 Å². The number of benzene rings is 1. The van der Waals surface area contributed by atoms with Crippen LogP contribution < -0.4 is 4.74 Å². The number of hydrogen-bond acceptors (Lipinski definition) is 3. The summed E-state index contributed by atoms with van der Waals surface area (Å²) in [6.45, 7) is 1.48. The van der Waals surface area contributed by atoms with Crippen molar-refractivity contribution in [2.24, 2.45) is 0 Å². The van der Waals surface area contributed by atoms with Crippen LogP contribution in [-0.4, -0.2) is 12.9 Å². The highest BCUT2D eigenvalue weighted by Crippen LogP contribution is 2.38. The molecule has 2 nitrogen and oxygen atoms in total. The zero-order valence-corrected chi connectivity index (χ0v) is 9.15. The number of hydrogen-bond donors (Lipinski definition) is 0. The first-order valence-electron chi connectivity index (χ1n) is 4.40. The number of ketones is 1. The third-order valence-corrected chi connectivity index (χ3v) is 3.38. The number of thiophene rings is 1. The second-order valence-electron chi connectivity index (χ2n) is 3.16. The van der Waals surface area contributed by atoms with Crippen LogP contribution in [0.5, 0.6) is 5.75 Å². The topological polar surface area (TPSA) is 26.3 Å². The normalized spacial score (nSPS) is 10.6. The standard InChI is InChI=1S/C11H9FO2S/c1-6(13)11-10(14-2)8-5-7(12)3-4-9(8)15-11/h3-5H,1-2H3. The number of fused-ring (bicyclic) bond motifs is 1. The Balaban J connectivity index is 2.79. The fourth-order valence-electron chi connectivity index (χ4n) is 1.48. The van der Waals surface area contributed by atoms with Crippen LogP contribution in [0, 0.1) is 5.82 Å². The Labute approximate surface area is 90.3 Å². The number of methoxy groups -OCH3 is 1. The van der Waals surface area contributed by atoms with Crippen LogP contribution in [0.2, 0.25) is 0 Å². The van der Waals surface area contributed by atoms with Crippen LogP contribution >= 0.6 is 11.3 Å². The number of halogens is 1. The maximum atomic E-state index is 13.0. The summed E-state index contributed by atoms with van der Waals surface area (Å²) >= 11 is 1.32. The van der Waals surface area contributed by atoms with Crippen LogP contribution in [0.15, 0.2) is 18.2 Å². The molecule has 0 N–H and O–H groups in total. The quantitative estimate of drug-likeness (QED) is 0.732. The Bertz CT molecular complexity index is 531. The number of ether oxygens (including phenoxy) is 1. The molecule has 0 spiro atoms. The van der Waals surface area contributed by atoms with E-state index in [9.17, 15) is 9.18 Å². The molecule has 1 aromatic heterocycles. The van der Waals surface area contributed by atoms with Gasteiger partial charge in [0.25, 0.3) is 0 Å². The highest BCUT2D eigenvalue weighted by atomic mass is 32.1. The Kier molecular flexibility index (Phi) is 2.44. The lowest BCUT2D eigenvalue weighted by Gasteiger charge is -1.99. The molecule has 0 saturated carbocycles. The van der Waals surface area contributed by atoms with Gasteiger partial charge in [0.15, 0.2) is 5.78 Å². The van der Waals surface area contributed by atoms with E-state index < -0.39 is 0 Å². The fraction of sp³-hybridized carbons (Fsp3) is 0.182. The molecule has 0 aliphatic carbocycles. The molecule has 0 fully saturated rings. The lowest BCUT2D eigenvalue weighted by atomic mass is 10.2. The molecule has 2 rings (SSSR count). The molecule has 1 aromatic carbocycles. The van der Waals surface area contributed by atoms with Crippen LogP contribution in [0.1, 0.15) is 16.6 Å². The van der Waals surface area contributed by atoms with Gasteiger partial charge < -0.3 is 4.74 Å². The summed E-state index contributed by atoms with van der Waals surface area (Å²) in [5.41, 5.74) is 0. The molecule has 0 aliphatic heterocycles. The first-order valence-corrected chi connectivity index (χ1v) is 5.22. The Hall–Kier alpha value is -1.42. The molecule has 0 unspecified atom stereocenters. The van der Waals surface area contributed by atoms with E-state index in [1.165, 1.54) is 37.5 Å². The van der Waals surface area contributed by atoms with Crippen molar-refractivity contribution in [3.05, 3.63) is 28.9 Å². The van der Waals surface area contributed by atoms with Gasteiger partial charge in [0.1, 0.15) is 16.4 Å². The predicted molar refractivity (Wildman–Crippen MR) is 58.3 cm³/mol. The minimum Gasteiger partial charge on any atom is -0.494 e. The van der Waals surface area contributed by atoms with Gasteiger partial charge in [-0.15, -0.1) is 11.3 Å². The van der Waals surface area contributed by atoms with Crippen molar-refractivity contribution in [2.75, 3.05) is 7.11 Å². The van der Waals surface area contributed by atoms with E-state index in [4.69, 9.17) is 4.74 Å². The number of carbonyl (C=O) groups is 1. The smallest absolute Gasteiger partial charge is 0.173 e. The van der Waals surface area contributed by atoms with Crippen molar-refractivity contribution in [1.29, 1.82) is 0 Å². The summed E-state index contributed by atoms with van der Waals surface area (Å²) in [6, 6.07) is 4.42. The van der Waals surface area contributed by atoms with Crippen molar-refractivity contribution < 1.29 is 13.9 Å². The van der Waals surface area contributed by atoms with Crippen molar-refractivity contribution in [2.45, 2.75) is 6.92 Å². The number of Topliss-reactive ketones (excluding diaryl/α,β-unsaturated/α-hetero) is 1. The molecule has 78 valence electrons. The second-order valence-corrected chi connectivity index (χ2v) is 4.21. The van der Waals surface area contributed by atoms with Crippen LogP contribution in [0.3, 0.4) is 0 Å². The van der Waals surface area contributed by atoms with Gasteiger partial charge in [0, 0.05) is 17.0 Å². The molecule has 0 bridgehead atoms. The Morgan fingerprint density at radius 2 is 2.20 bits per heavy atom. The van der Waals surface area contributed by atoms with Gasteiger partial charge in [-0.05, 0) is 18.2 Å². The summed E-state index contributed by atoms with van der Waals surface area (Å²) in [5.74, 6) is 0.0872. The SMILES string of the molecule is COc1c(C(C)=O)sc2ccc(F)cc12. The van der Waals surface area contributed by atoms with Gasteiger partial charge in [-0.3, -0.25) is 4.79 Å². The van der Waals surface area contributed by atoms with E-state index in [1.54, 1.807) is 6.07 Å².